The van der Waals surface area contributed by atoms with Gasteiger partial charge in [0, 0.05) is 16.1 Å². The van der Waals surface area contributed by atoms with Crippen LogP contribution in [0.1, 0.15) is 22.1 Å². The van der Waals surface area contributed by atoms with Gasteiger partial charge in [0.15, 0.2) is 0 Å². The summed E-state index contributed by atoms with van der Waals surface area (Å²) in [5.74, 6) is -1.38. The molecule has 2 rings (SSSR count). The number of aromatic amines is 2. The van der Waals surface area contributed by atoms with E-state index in [9.17, 15) is 4.79 Å². The van der Waals surface area contributed by atoms with E-state index >= 15 is 0 Å². The van der Waals surface area contributed by atoms with E-state index < -0.39 is 11.8 Å². The van der Waals surface area contributed by atoms with Crippen molar-refractivity contribution in [3.63, 3.8) is 0 Å². The molecule has 5 nitrogen and oxygen atoms in total. The van der Waals surface area contributed by atoms with Crippen LogP contribution in [0, 0.1) is 35.5 Å². The molecule has 1 atom stereocenters. The highest BCUT2D eigenvalue weighted by Gasteiger charge is 2.30. The lowest BCUT2D eigenvalue weighted by atomic mass is 9.86. The normalized spacial score (nSPS) is 12.0. The predicted molar refractivity (Wildman–Crippen MR) is 67.0 cm³/mol. The van der Waals surface area contributed by atoms with E-state index in [-0.39, 0.29) is 5.56 Å². The molecule has 0 bridgehead atoms. The highest BCUT2D eigenvalue weighted by Crippen LogP contribution is 2.33. The summed E-state index contributed by atoms with van der Waals surface area (Å²) in [5, 5.41) is 25.3. The zero-order chi connectivity index (χ0) is 13.1. The fourth-order valence-corrected chi connectivity index (χ4v) is 2.82. The van der Waals surface area contributed by atoms with Gasteiger partial charge in [0.1, 0.15) is 5.92 Å². The van der Waals surface area contributed by atoms with Crippen molar-refractivity contribution in [3.8, 4) is 12.1 Å². The molecule has 2 heterocycles. The fraction of sp³-hybridized carbons (Fsp3) is 0.250. The average molecular weight is 258 g/mol. The van der Waals surface area contributed by atoms with Crippen molar-refractivity contribution in [2.24, 2.45) is 5.92 Å². The number of nitriles is 2. The molecule has 2 aromatic rings. The first-order valence-electron chi connectivity index (χ1n) is 5.28. The van der Waals surface area contributed by atoms with Crippen molar-refractivity contribution in [2.75, 3.05) is 0 Å². The summed E-state index contributed by atoms with van der Waals surface area (Å²) in [6.07, 6.45) is 0. The minimum Gasteiger partial charge on any atom is -0.302 e. The second-order valence-electron chi connectivity index (χ2n) is 3.85. The zero-order valence-corrected chi connectivity index (χ0v) is 10.4. The van der Waals surface area contributed by atoms with Crippen LogP contribution in [0.5, 0.6) is 0 Å². The average Bonchev–Trinajstić information content (AvgIpc) is 2.99. The third-order valence-corrected chi connectivity index (χ3v) is 3.74. The number of hydrogen-bond donors (Lipinski definition) is 2. The van der Waals surface area contributed by atoms with Gasteiger partial charge >= 0.3 is 0 Å². The highest BCUT2D eigenvalue weighted by molar-refractivity contribution is 7.10. The Bertz CT molecular complexity index is 654. The van der Waals surface area contributed by atoms with Crippen molar-refractivity contribution in [2.45, 2.75) is 12.8 Å². The number of rotatable bonds is 3. The largest absolute Gasteiger partial charge is 0.302 e. The summed E-state index contributed by atoms with van der Waals surface area (Å²) in [4.78, 5) is 12.7. The molecule has 0 saturated heterocycles. The van der Waals surface area contributed by atoms with E-state index in [1.165, 1.54) is 11.3 Å². The van der Waals surface area contributed by atoms with Crippen LogP contribution in [0.2, 0.25) is 0 Å². The summed E-state index contributed by atoms with van der Waals surface area (Å²) in [6, 6.07) is 7.60. The summed E-state index contributed by atoms with van der Waals surface area (Å²) >= 11 is 1.44. The fourth-order valence-electron chi connectivity index (χ4n) is 1.95. The third-order valence-electron chi connectivity index (χ3n) is 2.78. The SMILES string of the molecule is Cc1[nH][nH]c(=O)c1[C@H](c1cccs1)C(C#N)C#N. The molecule has 0 saturated carbocycles. The topological polar surface area (TPSA) is 96.2 Å². The van der Waals surface area contributed by atoms with Crippen LogP contribution in [0.4, 0.5) is 0 Å². The Hall–Kier alpha value is -2.31. The predicted octanol–water partition coefficient (Wildman–Crippen LogP) is 1.87. The molecule has 0 fully saturated rings. The zero-order valence-electron chi connectivity index (χ0n) is 9.60. The highest BCUT2D eigenvalue weighted by atomic mass is 32.1. The molecule has 0 aliphatic carbocycles. The van der Waals surface area contributed by atoms with Gasteiger partial charge in [-0.15, -0.1) is 11.3 Å². The van der Waals surface area contributed by atoms with Crippen molar-refractivity contribution in [3.05, 3.63) is 44.0 Å². The van der Waals surface area contributed by atoms with Gasteiger partial charge in [-0.05, 0) is 18.4 Å². The van der Waals surface area contributed by atoms with Crippen LogP contribution in [0.3, 0.4) is 0 Å². The molecule has 0 aliphatic rings. The minimum atomic E-state index is -0.876. The molecule has 0 amide bonds. The van der Waals surface area contributed by atoms with Gasteiger partial charge in [0.2, 0.25) is 0 Å². The first kappa shape index (κ1) is 12.2. The third kappa shape index (κ3) is 1.94. The maximum Gasteiger partial charge on any atom is 0.268 e. The van der Waals surface area contributed by atoms with Crippen molar-refractivity contribution < 1.29 is 0 Å². The number of aromatic nitrogens is 2. The molecular weight excluding hydrogens is 248 g/mol. The molecule has 0 radical (unpaired) electrons. The molecule has 0 spiro atoms. The lowest BCUT2D eigenvalue weighted by Crippen LogP contribution is -2.18. The number of aryl methyl sites for hydroxylation is 1. The van der Waals surface area contributed by atoms with Crippen LogP contribution in [-0.2, 0) is 0 Å². The van der Waals surface area contributed by atoms with E-state index in [1.807, 2.05) is 29.7 Å². The van der Waals surface area contributed by atoms with Crippen LogP contribution in [-0.4, -0.2) is 10.2 Å². The summed E-state index contributed by atoms with van der Waals surface area (Å²) in [7, 11) is 0. The molecule has 2 aromatic heterocycles. The van der Waals surface area contributed by atoms with Gasteiger partial charge in [-0.25, -0.2) is 0 Å². The Kier molecular flexibility index (Phi) is 3.31. The monoisotopic (exact) mass is 258 g/mol. The van der Waals surface area contributed by atoms with E-state index in [1.54, 1.807) is 6.92 Å². The van der Waals surface area contributed by atoms with Crippen LogP contribution >= 0.6 is 11.3 Å². The summed E-state index contributed by atoms with van der Waals surface area (Å²) in [6.45, 7) is 1.75. The summed E-state index contributed by atoms with van der Waals surface area (Å²) < 4.78 is 0. The molecule has 0 aliphatic heterocycles. The lowest BCUT2D eigenvalue weighted by Gasteiger charge is -2.14. The van der Waals surface area contributed by atoms with Gasteiger partial charge in [-0.3, -0.25) is 9.89 Å². The number of H-pyrrole nitrogens is 2. The summed E-state index contributed by atoms with van der Waals surface area (Å²) in [5.41, 5.74) is 0.848. The van der Waals surface area contributed by atoms with Crippen LogP contribution in [0.25, 0.3) is 0 Å². The molecule has 2 N–H and O–H groups in total. The van der Waals surface area contributed by atoms with Crippen molar-refractivity contribution in [1.29, 1.82) is 10.5 Å². The molecule has 6 heteroatoms. The number of hydrogen-bond acceptors (Lipinski definition) is 4. The first-order valence-corrected chi connectivity index (χ1v) is 6.16. The van der Waals surface area contributed by atoms with Gasteiger partial charge in [-0.2, -0.15) is 10.5 Å². The number of nitrogens with one attached hydrogen (secondary N) is 2. The molecular formula is C12H10N4OS. The molecule has 0 unspecified atom stereocenters. The first-order chi connectivity index (χ1) is 8.69. The van der Waals surface area contributed by atoms with E-state index in [2.05, 4.69) is 10.2 Å². The Balaban J connectivity index is 2.62. The minimum absolute atomic E-state index is 0.276. The van der Waals surface area contributed by atoms with Crippen LogP contribution in [0.15, 0.2) is 22.3 Å². The van der Waals surface area contributed by atoms with Crippen molar-refractivity contribution in [1.82, 2.24) is 10.2 Å². The van der Waals surface area contributed by atoms with Gasteiger partial charge in [-0.1, -0.05) is 6.07 Å². The lowest BCUT2D eigenvalue weighted by molar-refractivity contribution is 0.712. The van der Waals surface area contributed by atoms with Gasteiger partial charge in [0.25, 0.3) is 5.56 Å². The molecule has 0 aromatic carbocycles. The van der Waals surface area contributed by atoms with Gasteiger partial charge in [0.05, 0.1) is 18.1 Å². The van der Waals surface area contributed by atoms with E-state index in [0.29, 0.717) is 11.3 Å². The Labute approximate surface area is 107 Å². The van der Waals surface area contributed by atoms with E-state index in [0.717, 1.165) is 4.88 Å². The second-order valence-corrected chi connectivity index (χ2v) is 4.83. The molecule has 90 valence electrons. The van der Waals surface area contributed by atoms with Crippen LogP contribution < -0.4 is 5.56 Å². The number of thiophene rings is 1. The quantitative estimate of drug-likeness (QED) is 0.879. The smallest absolute Gasteiger partial charge is 0.268 e. The maximum atomic E-state index is 11.8. The Morgan fingerprint density at radius 2 is 2.06 bits per heavy atom. The maximum absolute atomic E-state index is 11.8. The Morgan fingerprint density at radius 3 is 2.50 bits per heavy atom. The van der Waals surface area contributed by atoms with E-state index in [4.69, 9.17) is 10.5 Å². The second kappa shape index (κ2) is 4.91. The number of nitrogens with zero attached hydrogens (tertiary/aromatic N) is 2. The Morgan fingerprint density at radius 1 is 1.33 bits per heavy atom. The van der Waals surface area contributed by atoms with Gasteiger partial charge < -0.3 is 5.10 Å². The van der Waals surface area contributed by atoms with Crippen molar-refractivity contribution >= 4 is 11.3 Å². The standard InChI is InChI=1S/C12H10N4OS/c1-7-10(12(17)16-15-7)11(8(5-13)6-14)9-3-2-4-18-9/h2-4,8,11H,1H3,(H2,15,16,17)/t11-/m0/s1. The molecule has 18 heavy (non-hydrogen) atoms.